The number of rotatable bonds is 7. The summed E-state index contributed by atoms with van der Waals surface area (Å²) in [4.78, 5) is 37.6. The summed E-state index contributed by atoms with van der Waals surface area (Å²) < 4.78 is 13.1. The molecule has 0 aromatic heterocycles. The van der Waals surface area contributed by atoms with Crippen LogP contribution in [0, 0.1) is 15.9 Å². The van der Waals surface area contributed by atoms with Crippen LogP contribution in [0.2, 0.25) is 5.02 Å². The Bertz CT molecular complexity index is 1220. The lowest BCUT2D eigenvalue weighted by atomic mass is 10.1. The Morgan fingerprint density at radius 2 is 1.73 bits per heavy atom. The van der Waals surface area contributed by atoms with Crippen LogP contribution in [0.4, 0.5) is 21.5 Å². The van der Waals surface area contributed by atoms with Gasteiger partial charge in [-0.05, 0) is 48.0 Å². The summed E-state index contributed by atoms with van der Waals surface area (Å²) in [7, 11) is 3.55. The van der Waals surface area contributed by atoms with Gasteiger partial charge in [0, 0.05) is 43.6 Å². The van der Waals surface area contributed by atoms with Crippen molar-refractivity contribution in [3.8, 4) is 0 Å². The minimum Gasteiger partial charge on any atom is -0.377 e. The van der Waals surface area contributed by atoms with Gasteiger partial charge in [-0.15, -0.1) is 0 Å². The van der Waals surface area contributed by atoms with Gasteiger partial charge in [-0.2, -0.15) is 0 Å². The fraction of sp³-hybridized carbons (Fsp3) is 0.130. The van der Waals surface area contributed by atoms with Crippen LogP contribution < -0.4 is 15.5 Å². The molecule has 3 rings (SSSR count). The van der Waals surface area contributed by atoms with E-state index in [9.17, 15) is 24.1 Å². The van der Waals surface area contributed by atoms with Crippen LogP contribution in [-0.2, 0) is 6.54 Å². The first kappa shape index (κ1) is 23.7. The summed E-state index contributed by atoms with van der Waals surface area (Å²) in [6.45, 7) is 0.191. The number of hydrogen-bond donors (Lipinski definition) is 2. The Balaban J connectivity index is 1.81. The number of amides is 2. The van der Waals surface area contributed by atoms with E-state index in [2.05, 4.69) is 10.6 Å². The van der Waals surface area contributed by atoms with Crippen LogP contribution in [0.3, 0.4) is 0 Å². The summed E-state index contributed by atoms with van der Waals surface area (Å²) in [6, 6.07) is 14.3. The van der Waals surface area contributed by atoms with Crippen molar-refractivity contribution in [3.63, 3.8) is 0 Å². The van der Waals surface area contributed by atoms with Crippen LogP contribution >= 0.6 is 11.6 Å². The largest absolute Gasteiger partial charge is 0.377 e. The van der Waals surface area contributed by atoms with Crippen molar-refractivity contribution in [2.45, 2.75) is 6.54 Å². The zero-order chi connectivity index (χ0) is 24.1. The summed E-state index contributed by atoms with van der Waals surface area (Å²) in [5.74, 6) is -1.35. The molecule has 0 bridgehead atoms. The second-order valence-electron chi connectivity index (χ2n) is 7.31. The van der Waals surface area contributed by atoms with E-state index in [0.29, 0.717) is 16.9 Å². The maximum atomic E-state index is 13.1. The van der Waals surface area contributed by atoms with Crippen LogP contribution in [0.25, 0.3) is 0 Å². The molecule has 2 amide bonds. The Morgan fingerprint density at radius 3 is 2.36 bits per heavy atom. The predicted octanol–water partition coefficient (Wildman–Crippen LogP) is 4.64. The molecule has 170 valence electrons. The topological polar surface area (TPSA) is 105 Å². The van der Waals surface area contributed by atoms with Gasteiger partial charge in [-0.1, -0.05) is 23.7 Å². The number of carbonyl (C=O) groups excluding carboxylic acids is 2. The average molecular weight is 471 g/mol. The van der Waals surface area contributed by atoms with Gasteiger partial charge in [0.2, 0.25) is 0 Å². The number of nitro groups is 1. The van der Waals surface area contributed by atoms with Crippen molar-refractivity contribution in [2.75, 3.05) is 24.3 Å². The normalized spacial score (nSPS) is 10.4. The highest BCUT2D eigenvalue weighted by Gasteiger charge is 2.18. The third kappa shape index (κ3) is 5.83. The molecule has 0 fully saturated rings. The highest BCUT2D eigenvalue weighted by Crippen LogP contribution is 2.27. The highest BCUT2D eigenvalue weighted by molar-refractivity contribution is 6.32. The maximum absolute atomic E-state index is 13.1. The van der Waals surface area contributed by atoms with Gasteiger partial charge < -0.3 is 15.5 Å². The van der Waals surface area contributed by atoms with E-state index in [1.165, 1.54) is 30.3 Å². The molecule has 3 aromatic rings. The molecule has 0 aliphatic rings. The van der Waals surface area contributed by atoms with Gasteiger partial charge in [-0.3, -0.25) is 19.7 Å². The summed E-state index contributed by atoms with van der Waals surface area (Å²) in [6.07, 6.45) is 0. The monoisotopic (exact) mass is 470 g/mol. The molecule has 0 unspecified atom stereocenters. The number of nitrogens with one attached hydrogen (secondary N) is 2. The first-order valence-electron chi connectivity index (χ1n) is 9.75. The smallest absolute Gasteiger partial charge is 0.288 e. The summed E-state index contributed by atoms with van der Waals surface area (Å²) >= 11 is 5.80. The van der Waals surface area contributed by atoms with Gasteiger partial charge in [0.25, 0.3) is 17.5 Å². The number of nitrogens with zero attached hydrogens (tertiary/aromatic N) is 2. The number of halogens is 2. The lowest BCUT2D eigenvalue weighted by Gasteiger charge is -2.18. The Kier molecular flexibility index (Phi) is 7.24. The van der Waals surface area contributed by atoms with E-state index in [1.807, 2.05) is 0 Å². The van der Waals surface area contributed by atoms with Crippen molar-refractivity contribution >= 4 is 40.5 Å². The minimum atomic E-state index is -0.672. The number of hydrogen-bond acceptors (Lipinski definition) is 5. The van der Waals surface area contributed by atoms with Crippen molar-refractivity contribution in [2.24, 2.45) is 0 Å². The zero-order valence-electron chi connectivity index (χ0n) is 17.8. The lowest BCUT2D eigenvalue weighted by Crippen LogP contribution is -2.25. The number of nitro benzene ring substituents is 1. The predicted molar refractivity (Wildman–Crippen MR) is 124 cm³/mol. The van der Waals surface area contributed by atoms with E-state index >= 15 is 0 Å². The minimum absolute atomic E-state index is 0.0464. The molecule has 2 N–H and O–H groups in total. The van der Waals surface area contributed by atoms with Crippen LogP contribution in [0.5, 0.6) is 0 Å². The molecule has 8 nitrogen and oxygen atoms in total. The fourth-order valence-corrected chi connectivity index (χ4v) is 3.25. The molecule has 0 saturated carbocycles. The van der Waals surface area contributed by atoms with Crippen molar-refractivity contribution in [3.05, 3.63) is 98.3 Å². The summed E-state index contributed by atoms with van der Waals surface area (Å²) in [5.41, 5.74) is 1.65. The zero-order valence-corrected chi connectivity index (χ0v) is 18.5. The molecule has 0 aliphatic heterocycles. The fourth-order valence-electron chi connectivity index (χ4n) is 3.06. The van der Waals surface area contributed by atoms with Gasteiger partial charge in [0.15, 0.2) is 0 Å². The van der Waals surface area contributed by atoms with E-state index in [0.717, 1.165) is 11.6 Å². The van der Waals surface area contributed by atoms with Crippen LogP contribution in [0.1, 0.15) is 26.3 Å². The Labute approximate surface area is 194 Å². The molecule has 0 aliphatic carbocycles. The van der Waals surface area contributed by atoms with Crippen LogP contribution in [-0.4, -0.2) is 30.8 Å². The van der Waals surface area contributed by atoms with Crippen molar-refractivity contribution in [1.29, 1.82) is 0 Å². The molecule has 10 heteroatoms. The lowest BCUT2D eigenvalue weighted by molar-refractivity contribution is -0.384. The molecular weight excluding hydrogens is 451 g/mol. The van der Waals surface area contributed by atoms with E-state index in [-0.39, 0.29) is 34.5 Å². The molecule has 3 aromatic carbocycles. The van der Waals surface area contributed by atoms with Gasteiger partial charge in [0.05, 0.1) is 10.5 Å². The molecule has 33 heavy (non-hydrogen) atoms. The molecule has 0 spiro atoms. The van der Waals surface area contributed by atoms with Crippen molar-refractivity contribution < 1.29 is 18.9 Å². The standard InChI is InChI=1S/C23H20ClFN4O4/c1-28(2)20-10-8-17(27-22(30)15-5-9-19(24)21(11-15)29(32)33)12-18(20)23(31)26-13-14-3-6-16(25)7-4-14/h3-12H,13H2,1-2H3,(H,26,31)(H,27,30). The Morgan fingerprint density at radius 1 is 1.03 bits per heavy atom. The SMILES string of the molecule is CN(C)c1ccc(NC(=O)c2ccc(Cl)c([N+](=O)[O-])c2)cc1C(=O)NCc1ccc(F)cc1. The number of carbonyl (C=O) groups is 2. The summed E-state index contributed by atoms with van der Waals surface area (Å²) in [5, 5.41) is 16.4. The number of anilines is 2. The average Bonchev–Trinajstić information content (AvgIpc) is 2.78. The molecular formula is C23H20ClFN4O4. The second-order valence-corrected chi connectivity index (χ2v) is 7.72. The second kappa shape index (κ2) is 10.1. The quantitative estimate of drug-likeness (QED) is 0.387. The molecule has 0 atom stereocenters. The van der Waals surface area contributed by atoms with Gasteiger partial charge >= 0.3 is 0 Å². The van der Waals surface area contributed by atoms with Gasteiger partial charge in [-0.25, -0.2) is 4.39 Å². The van der Waals surface area contributed by atoms with Crippen LogP contribution in [0.15, 0.2) is 60.7 Å². The first-order chi connectivity index (χ1) is 15.7. The molecule has 0 radical (unpaired) electrons. The van der Waals surface area contributed by atoms with E-state index < -0.39 is 10.8 Å². The third-order valence-electron chi connectivity index (χ3n) is 4.75. The highest BCUT2D eigenvalue weighted by atomic mass is 35.5. The van der Waals surface area contributed by atoms with E-state index in [1.54, 1.807) is 43.3 Å². The molecule has 0 saturated heterocycles. The van der Waals surface area contributed by atoms with Crippen molar-refractivity contribution in [1.82, 2.24) is 5.32 Å². The Hall–Kier alpha value is -3.98. The first-order valence-corrected chi connectivity index (χ1v) is 10.1. The third-order valence-corrected chi connectivity index (χ3v) is 5.07. The maximum Gasteiger partial charge on any atom is 0.288 e. The molecule has 0 heterocycles. The van der Waals surface area contributed by atoms with Gasteiger partial charge in [0.1, 0.15) is 10.8 Å². The van der Waals surface area contributed by atoms with E-state index in [4.69, 9.17) is 11.6 Å². The number of benzene rings is 3.